The number of carbonyl (C=O) groups is 2. The minimum atomic E-state index is -0.269. The van der Waals surface area contributed by atoms with E-state index in [-0.39, 0.29) is 42.5 Å². The van der Waals surface area contributed by atoms with Gasteiger partial charge in [0.2, 0.25) is 11.8 Å². The summed E-state index contributed by atoms with van der Waals surface area (Å²) < 4.78 is 13.5. The number of aryl methyl sites for hydroxylation is 1. The monoisotopic (exact) mass is 386 g/mol. The third-order valence-corrected chi connectivity index (χ3v) is 4.41. The Hall–Kier alpha value is -1.70. The molecule has 26 heavy (non-hydrogen) atoms. The molecule has 4 N–H and O–H groups in total. The lowest BCUT2D eigenvalue weighted by molar-refractivity contribution is -0.128. The van der Waals surface area contributed by atoms with Gasteiger partial charge in [-0.3, -0.25) is 14.5 Å². The van der Waals surface area contributed by atoms with E-state index in [1.54, 1.807) is 19.1 Å². The standard InChI is InChI=1S/C18H27FN4O2.ClH/c1-13-4-5-14(9-16(13)19)10-22-17(24)12-23-8-2-3-15(11-23)18(25)21-7-6-20;/h4-5,9,15H,2-3,6-8,10-12,20H2,1H3,(H,21,25)(H,22,24);1H. The van der Waals surface area contributed by atoms with Gasteiger partial charge in [0.15, 0.2) is 0 Å². The molecule has 1 aliphatic rings. The summed E-state index contributed by atoms with van der Waals surface area (Å²) in [4.78, 5) is 26.1. The van der Waals surface area contributed by atoms with Crippen LogP contribution < -0.4 is 16.4 Å². The number of nitrogens with two attached hydrogens (primary N) is 1. The molecule has 2 rings (SSSR count). The molecule has 2 amide bonds. The predicted molar refractivity (Wildman–Crippen MR) is 101 cm³/mol. The molecule has 1 unspecified atom stereocenters. The van der Waals surface area contributed by atoms with Crippen molar-refractivity contribution in [3.8, 4) is 0 Å². The number of nitrogens with one attached hydrogen (secondary N) is 2. The Balaban J connectivity index is 0.00000338. The smallest absolute Gasteiger partial charge is 0.234 e. The average molecular weight is 387 g/mol. The second kappa shape index (κ2) is 11.1. The molecule has 0 spiro atoms. The summed E-state index contributed by atoms with van der Waals surface area (Å²) in [6.07, 6.45) is 1.72. The molecule has 0 saturated carbocycles. The largest absolute Gasteiger partial charge is 0.355 e. The van der Waals surface area contributed by atoms with Crippen LogP contribution in [0.25, 0.3) is 0 Å². The molecule has 0 aliphatic carbocycles. The summed E-state index contributed by atoms with van der Waals surface area (Å²) in [7, 11) is 0. The molecular weight excluding hydrogens is 359 g/mol. The van der Waals surface area contributed by atoms with Gasteiger partial charge in [0.25, 0.3) is 0 Å². The summed E-state index contributed by atoms with van der Waals surface area (Å²) in [6, 6.07) is 4.94. The van der Waals surface area contributed by atoms with E-state index in [9.17, 15) is 14.0 Å². The van der Waals surface area contributed by atoms with Crippen LogP contribution in [0.4, 0.5) is 4.39 Å². The number of carbonyl (C=O) groups excluding carboxylic acids is 2. The fourth-order valence-corrected chi connectivity index (χ4v) is 2.96. The van der Waals surface area contributed by atoms with Crippen molar-refractivity contribution >= 4 is 24.2 Å². The van der Waals surface area contributed by atoms with E-state index >= 15 is 0 Å². The maximum Gasteiger partial charge on any atom is 0.234 e. The number of rotatable bonds is 7. The number of piperidine rings is 1. The predicted octanol–water partition coefficient (Wildman–Crippen LogP) is 0.959. The highest BCUT2D eigenvalue weighted by Crippen LogP contribution is 2.16. The topological polar surface area (TPSA) is 87.5 Å². The highest BCUT2D eigenvalue weighted by Gasteiger charge is 2.26. The summed E-state index contributed by atoms with van der Waals surface area (Å²) in [5.74, 6) is -0.483. The van der Waals surface area contributed by atoms with Crippen molar-refractivity contribution in [1.82, 2.24) is 15.5 Å². The second-order valence-corrected chi connectivity index (χ2v) is 6.51. The van der Waals surface area contributed by atoms with Crippen molar-refractivity contribution in [2.24, 2.45) is 11.7 Å². The first-order valence-corrected chi connectivity index (χ1v) is 8.71. The van der Waals surface area contributed by atoms with Gasteiger partial charge in [-0.05, 0) is 43.5 Å². The molecule has 1 aromatic carbocycles. The SMILES string of the molecule is Cc1ccc(CNC(=O)CN2CCCC(C(=O)NCCN)C2)cc1F.Cl. The van der Waals surface area contributed by atoms with Crippen LogP contribution in [0.5, 0.6) is 0 Å². The second-order valence-electron chi connectivity index (χ2n) is 6.51. The number of nitrogens with zero attached hydrogens (tertiary/aromatic N) is 1. The number of hydrogen-bond donors (Lipinski definition) is 3. The van der Waals surface area contributed by atoms with E-state index < -0.39 is 0 Å². The van der Waals surface area contributed by atoms with E-state index in [0.717, 1.165) is 24.9 Å². The molecular formula is C18H28ClFN4O2. The van der Waals surface area contributed by atoms with Gasteiger partial charge >= 0.3 is 0 Å². The first-order valence-electron chi connectivity index (χ1n) is 8.71. The Labute approximate surface area is 160 Å². The van der Waals surface area contributed by atoms with Crippen LogP contribution in [0.2, 0.25) is 0 Å². The number of hydrogen-bond acceptors (Lipinski definition) is 4. The third-order valence-electron chi connectivity index (χ3n) is 4.41. The van der Waals surface area contributed by atoms with Crippen molar-refractivity contribution in [1.29, 1.82) is 0 Å². The zero-order chi connectivity index (χ0) is 18.2. The van der Waals surface area contributed by atoms with Crippen molar-refractivity contribution in [3.63, 3.8) is 0 Å². The molecule has 1 saturated heterocycles. The Bertz CT molecular complexity index is 615. The normalized spacial score (nSPS) is 17.3. The molecule has 1 atom stereocenters. The highest BCUT2D eigenvalue weighted by atomic mass is 35.5. The molecule has 146 valence electrons. The highest BCUT2D eigenvalue weighted by molar-refractivity contribution is 5.85. The molecule has 6 nitrogen and oxygen atoms in total. The molecule has 1 heterocycles. The Morgan fingerprint density at radius 3 is 2.81 bits per heavy atom. The fraction of sp³-hybridized carbons (Fsp3) is 0.556. The van der Waals surface area contributed by atoms with Crippen molar-refractivity contribution in [2.45, 2.75) is 26.3 Å². The van der Waals surface area contributed by atoms with Gasteiger partial charge < -0.3 is 16.4 Å². The first-order chi connectivity index (χ1) is 12.0. The number of likely N-dealkylation sites (tertiary alicyclic amines) is 1. The van der Waals surface area contributed by atoms with Crippen LogP contribution in [0.15, 0.2) is 18.2 Å². The van der Waals surface area contributed by atoms with Crippen LogP contribution in [0.1, 0.15) is 24.0 Å². The fourth-order valence-electron chi connectivity index (χ4n) is 2.96. The van der Waals surface area contributed by atoms with Gasteiger partial charge in [0.1, 0.15) is 5.82 Å². The molecule has 0 bridgehead atoms. The maximum atomic E-state index is 13.5. The van der Waals surface area contributed by atoms with Gasteiger partial charge in [-0.2, -0.15) is 0 Å². The number of amides is 2. The van der Waals surface area contributed by atoms with E-state index in [1.165, 1.54) is 6.07 Å². The summed E-state index contributed by atoms with van der Waals surface area (Å²) in [6.45, 7) is 4.51. The van der Waals surface area contributed by atoms with Crippen LogP contribution in [0.3, 0.4) is 0 Å². The Kier molecular flexibility index (Phi) is 9.54. The van der Waals surface area contributed by atoms with Gasteiger partial charge in [-0.1, -0.05) is 12.1 Å². The van der Waals surface area contributed by atoms with Crippen molar-refractivity contribution in [2.75, 3.05) is 32.7 Å². The van der Waals surface area contributed by atoms with Gasteiger partial charge in [-0.25, -0.2) is 4.39 Å². The van der Waals surface area contributed by atoms with Gasteiger partial charge in [0.05, 0.1) is 12.5 Å². The minimum absolute atomic E-state index is 0. The lowest BCUT2D eigenvalue weighted by Gasteiger charge is -2.31. The molecule has 8 heteroatoms. The van der Waals surface area contributed by atoms with Crippen molar-refractivity contribution in [3.05, 3.63) is 35.1 Å². The van der Waals surface area contributed by atoms with E-state index in [2.05, 4.69) is 10.6 Å². The Morgan fingerprint density at radius 2 is 2.12 bits per heavy atom. The number of halogens is 2. The zero-order valence-electron chi connectivity index (χ0n) is 15.1. The molecule has 1 aliphatic heterocycles. The van der Waals surface area contributed by atoms with Crippen molar-refractivity contribution < 1.29 is 14.0 Å². The summed E-state index contributed by atoms with van der Waals surface area (Å²) in [5.41, 5.74) is 6.71. The molecule has 1 fully saturated rings. The number of benzene rings is 1. The van der Waals surface area contributed by atoms with Crippen LogP contribution in [0, 0.1) is 18.7 Å². The molecule has 0 radical (unpaired) electrons. The average Bonchev–Trinajstić information content (AvgIpc) is 2.61. The van der Waals surface area contributed by atoms with E-state index in [1.807, 2.05) is 4.90 Å². The van der Waals surface area contributed by atoms with E-state index in [0.29, 0.717) is 31.7 Å². The molecule has 0 aromatic heterocycles. The van der Waals surface area contributed by atoms with Crippen LogP contribution in [-0.2, 0) is 16.1 Å². The maximum absolute atomic E-state index is 13.5. The zero-order valence-corrected chi connectivity index (χ0v) is 15.9. The lowest BCUT2D eigenvalue weighted by atomic mass is 9.97. The third kappa shape index (κ3) is 6.90. The van der Waals surface area contributed by atoms with Gasteiger partial charge in [0, 0.05) is 26.2 Å². The quantitative estimate of drug-likeness (QED) is 0.651. The van der Waals surface area contributed by atoms with E-state index in [4.69, 9.17) is 5.73 Å². The lowest BCUT2D eigenvalue weighted by Crippen LogP contribution is -2.47. The first kappa shape index (κ1) is 22.3. The van der Waals surface area contributed by atoms with Crippen LogP contribution >= 0.6 is 12.4 Å². The summed E-state index contributed by atoms with van der Waals surface area (Å²) >= 11 is 0. The van der Waals surface area contributed by atoms with Gasteiger partial charge in [-0.15, -0.1) is 12.4 Å². The minimum Gasteiger partial charge on any atom is -0.355 e. The molecule has 1 aromatic rings. The Morgan fingerprint density at radius 1 is 1.35 bits per heavy atom. The van der Waals surface area contributed by atoms with Crippen LogP contribution in [-0.4, -0.2) is 49.4 Å². The summed E-state index contributed by atoms with van der Waals surface area (Å²) in [5, 5.41) is 5.61.